The summed E-state index contributed by atoms with van der Waals surface area (Å²) in [6.07, 6.45) is 4.77. The summed E-state index contributed by atoms with van der Waals surface area (Å²) in [6.45, 7) is 3.74. The summed E-state index contributed by atoms with van der Waals surface area (Å²) in [4.78, 5) is 15.0. The van der Waals surface area contributed by atoms with Gasteiger partial charge in [-0.15, -0.1) is 0 Å². The fourth-order valence-electron chi connectivity index (χ4n) is 4.08. The highest BCUT2D eigenvalue weighted by Gasteiger charge is 2.31. The number of aromatic nitrogens is 2. The molecule has 0 saturated carbocycles. The topological polar surface area (TPSA) is 58.4 Å². The van der Waals surface area contributed by atoms with Crippen LogP contribution >= 0.6 is 0 Å². The average Bonchev–Trinajstić information content (AvgIpc) is 3.24. The van der Waals surface area contributed by atoms with Gasteiger partial charge in [0.05, 0.1) is 5.69 Å². The Morgan fingerprint density at radius 2 is 2.00 bits per heavy atom. The maximum absolute atomic E-state index is 13.1. The highest BCUT2D eigenvalue weighted by Crippen LogP contribution is 2.30. The Morgan fingerprint density at radius 1 is 1.24 bits per heavy atom. The van der Waals surface area contributed by atoms with Crippen LogP contribution in [0.1, 0.15) is 46.6 Å². The molecule has 1 aromatic carbocycles. The Morgan fingerprint density at radius 3 is 2.72 bits per heavy atom. The van der Waals surface area contributed by atoms with E-state index in [1.54, 1.807) is 0 Å². The molecule has 25 heavy (non-hydrogen) atoms. The van der Waals surface area contributed by atoms with Crippen molar-refractivity contribution in [3.05, 3.63) is 46.8 Å². The molecule has 1 aromatic heterocycles. The minimum atomic E-state index is 0.0573. The summed E-state index contributed by atoms with van der Waals surface area (Å²) in [5, 5.41) is 14.0. The average molecular weight is 339 g/mol. The number of aryl methyl sites for hydroxylation is 1. The first-order valence-corrected chi connectivity index (χ1v) is 9.26. The second-order valence-electron chi connectivity index (χ2n) is 7.24. The van der Waals surface area contributed by atoms with Crippen molar-refractivity contribution in [2.24, 2.45) is 5.92 Å². The van der Waals surface area contributed by atoms with Crippen molar-refractivity contribution in [2.75, 3.05) is 19.7 Å². The van der Waals surface area contributed by atoms with E-state index in [0.29, 0.717) is 11.6 Å². The van der Waals surface area contributed by atoms with Gasteiger partial charge in [0.1, 0.15) is 0 Å². The van der Waals surface area contributed by atoms with E-state index in [-0.39, 0.29) is 12.5 Å². The van der Waals surface area contributed by atoms with Crippen molar-refractivity contribution in [3.63, 3.8) is 0 Å². The van der Waals surface area contributed by atoms with E-state index in [4.69, 9.17) is 5.10 Å². The van der Waals surface area contributed by atoms with Crippen molar-refractivity contribution in [1.29, 1.82) is 0 Å². The standard InChI is InChI=1S/C20H25N3O2/c1-14-5-2-3-7-17(14)23-18-8-4-6-16(18)19(21-23)20(25)22-11-9-15(13-24)10-12-22/h2-3,5,7,15,24H,4,6,8-13H2,1H3. The Hall–Kier alpha value is -2.14. The van der Waals surface area contributed by atoms with Gasteiger partial charge in [-0.25, -0.2) is 4.68 Å². The van der Waals surface area contributed by atoms with Crippen LogP contribution in [-0.2, 0) is 12.8 Å². The minimum absolute atomic E-state index is 0.0573. The van der Waals surface area contributed by atoms with Gasteiger partial charge in [0.15, 0.2) is 5.69 Å². The molecule has 2 heterocycles. The number of nitrogens with zero attached hydrogens (tertiary/aromatic N) is 3. The molecule has 1 fully saturated rings. The number of carbonyl (C=O) groups excluding carboxylic acids is 1. The molecular formula is C20H25N3O2. The molecule has 2 aliphatic rings. The molecule has 4 rings (SSSR count). The zero-order valence-electron chi connectivity index (χ0n) is 14.7. The summed E-state index contributed by atoms with van der Waals surface area (Å²) in [5.74, 6) is 0.390. The second-order valence-corrected chi connectivity index (χ2v) is 7.24. The van der Waals surface area contributed by atoms with E-state index in [2.05, 4.69) is 19.1 Å². The summed E-state index contributed by atoms with van der Waals surface area (Å²) in [5.41, 5.74) is 5.21. The van der Waals surface area contributed by atoms with Crippen molar-refractivity contribution in [1.82, 2.24) is 14.7 Å². The molecule has 2 aromatic rings. The third kappa shape index (κ3) is 2.86. The zero-order chi connectivity index (χ0) is 17.4. The quantitative estimate of drug-likeness (QED) is 0.935. The van der Waals surface area contributed by atoms with Gasteiger partial charge in [-0.05, 0) is 56.6 Å². The van der Waals surface area contributed by atoms with Crippen molar-refractivity contribution >= 4 is 5.91 Å². The predicted octanol–water partition coefficient (Wildman–Crippen LogP) is 2.51. The highest BCUT2D eigenvalue weighted by molar-refractivity contribution is 5.94. The number of fused-ring (bicyclic) bond motifs is 1. The number of aliphatic hydroxyl groups excluding tert-OH is 1. The molecule has 1 N–H and O–H groups in total. The van der Waals surface area contributed by atoms with Crippen LogP contribution in [-0.4, -0.2) is 45.4 Å². The molecule has 1 aliphatic heterocycles. The zero-order valence-corrected chi connectivity index (χ0v) is 14.7. The van der Waals surface area contributed by atoms with Crippen LogP contribution in [0.3, 0.4) is 0 Å². The lowest BCUT2D eigenvalue weighted by atomic mass is 9.97. The predicted molar refractivity (Wildman–Crippen MR) is 96.0 cm³/mol. The molecule has 1 saturated heterocycles. The molecule has 1 amide bonds. The Bertz CT molecular complexity index is 788. The van der Waals surface area contributed by atoms with Crippen molar-refractivity contribution < 1.29 is 9.90 Å². The first-order valence-electron chi connectivity index (χ1n) is 9.26. The maximum Gasteiger partial charge on any atom is 0.274 e. The van der Waals surface area contributed by atoms with Crippen LogP contribution in [0.25, 0.3) is 5.69 Å². The van der Waals surface area contributed by atoms with Crippen LogP contribution in [0.15, 0.2) is 24.3 Å². The van der Waals surface area contributed by atoms with Gasteiger partial charge < -0.3 is 10.0 Å². The van der Waals surface area contributed by atoms with E-state index in [1.807, 2.05) is 21.7 Å². The molecule has 0 atom stereocenters. The lowest BCUT2D eigenvalue weighted by Gasteiger charge is -2.30. The van der Waals surface area contributed by atoms with E-state index >= 15 is 0 Å². The molecule has 0 bridgehead atoms. The van der Waals surface area contributed by atoms with Crippen LogP contribution in [0.2, 0.25) is 0 Å². The number of hydrogen-bond acceptors (Lipinski definition) is 3. The number of carbonyl (C=O) groups is 1. The first kappa shape index (κ1) is 16.3. The molecule has 132 valence electrons. The van der Waals surface area contributed by atoms with E-state index in [0.717, 1.165) is 56.4 Å². The molecule has 0 radical (unpaired) electrons. The van der Waals surface area contributed by atoms with Gasteiger partial charge in [0.2, 0.25) is 0 Å². The largest absolute Gasteiger partial charge is 0.396 e. The summed E-state index contributed by atoms with van der Waals surface area (Å²) >= 11 is 0. The number of hydrogen-bond donors (Lipinski definition) is 1. The van der Waals surface area contributed by atoms with E-state index in [9.17, 15) is 9.90 Å². The third-order valence-electron chi connectivity index (χ3n) is 5.64. The fourth-order valence-corrected chi connectivity index (χ4v) is 4.08. The molecule has 1 aliphatic carbocycles. The number of benzene rings is 1. The SMILES string of the molecule is Cc1ccccc1-n1nc(C(=O)N2CCC(CO)CC2)c2c1CCC2. The van der Waals surface area contributed by atoms with Gasteiger partial charge >= 0.3 is 0 Å². The third-order valence-corrected chi connectivity index (χ3v) is 5.64. The lowest BCUT2D eigenvalue weighted by Crippen LogP contribution is -2.39. The monoisotopic (exact) mass is 339 g/mol. The molecular weight excluding hydrogens is 314 g/mol. The van der Waals surface area contributed by atoms with E-state index < -0.39 is 0 Å². The van der Waals surface area contributed by atoms with Gasteiger partial charge in [0.25, 0.3) is 5.91 Å². The number of rotatable bonds is 3. The van der Waals surface area contributed by atoms with Crippen LogP contribution in [0.5, 0.6) is 0 Å². The molecule has 5 nitrogen and oxygen atoms in total. The lowest BCUT2D eigenvalue weighted by molar-refractivity contribution is 0.0643. The molecule has 5 heteroatoms. The van der Waals surface area contributed by atoms with Gasteiger partial charge in [-0.2, -0.15) is 5.10 Å². The van der Waals surface area contributed by atoms with Crippen molar-refractivity contribution in [3.8, 4) is 5.69 Å². The van der Waals surface area contributed by atoms with Gasteiger partial charge in [-0.3, -0.25) is 4.79 Å². The van der Waals surface area contributed by atoms with Crippen LogP contribution in [0.4, 0.5) is 0 Å². The maximum atomic E-state index is 13.1. The smallest absolute Gasteiger partial charge is 0.274 e. The Kier molecular flexibility index (Phi) is 4.34. The van der Waals surface area contributed by atoms with Crippen molar-refractivity contribution in [2.45, 2.75) is 39.0 Å². The summed E-state index contributed by atoms with van der Waals surface area (Å²) < 4.78 is 1.99. The van der Waals surface area contributed by atoms with Crippen LogP contribution in [0, 0.1) is 12.8 Å². The second kappa shape index (κ2) is 6.64. The normalized spacial score (nSPS) is 17.8. The number of amides is 1. The fraction of sp³-hybridized carbons (Fsp3) is 0.500. The Labute approximate surface area is 148 Å². The number of likely N-dealkylation sites (tertiary alicyclic amines) is 1. The number of aliphatic hydroxyl groups is 1. The number of piperidine rings is 1. The molecule has 0 unspecified atom stereocenters. The molecule has 0 spiro atoms. The summed E-state index contributed by atoms with van der Waals surface area (Å²) in [6, 6.07) is 8.20. The summed E-state index contributed by atoms with van der Waals surface area (Å²) in [7, 11) is 0. The van der Waals surface area contributed by atoms with Crippen LogP contribution < -0.4 is 0 Å². The minimum Gasteiger partial charge on any atom is -0.396 e. The Balaban J connectivity index is 1.66. The number of para-hydroxylation sites is 1. The first-order chi connectivity index (χ1) is 12.2. The van der Waals surface area contributed by atoms with E-state index in [1.165, 1.54) is 11.3 Å². The van der Waals surface area contributed by atoms with Gasteiger partial charge in [-0.1, -0.05) is 18.2 Å². The highest BCUT2D eigenvalue weighted by atomic mass is 16.3. The van der Waals surface area contributed by atoms with Gasteiger partial charge in [0, 0.05) is 31.0 Å².